The van der Waals surface area contributed by atoms with Gasteiger partial charge < -0.3 is 9.64 Å². The maximum absolute atomic E-state index is 12.2. The van der Waals surface area contributed by atoms with Crippen LogP contribution >= 0.6 is 0 Å². The summed E-state index contributed by atoms with van der Waals surface area (Å²) in [5.41, 5.74) is 0.112. The summed E-state index contributed by atoms with van der Waals surface area (Å²) in [4.78, 5) is 37.8. The molecule has 3 rings (SSSR count). The summed E-state index contributed by atoms with van der Waals surface area (Å²) in [6.45, 7) is -0.477. The van der Waals surface area contributed by atoms with Crippen LogP contribution in [0.2, 0.25) is 0 Å². The minimum Gasteiger partial charge on any atom is -0.455 e. The molecular formula is C18H21N3O6S. The Bertz CT molecular complexity index is 1090. The van der Waals surface area contributed by atoms with Crippen molar-refractivity contribution < 1.29 is 22.7 Å². The molecule has 1 amide bonds. The average Bonchev–Trinajstić information content (AvgIpc) is 3.03. The van der Waals surface area contributed by atoms with Crippen molar-refractivity contribution in [3.05, 3.63) is 40.3 Å². The smallest absolute Gasteiger partial charge is 0.312 e. The van der Waals surface area contributed by atoms with Crippen molar-refractivity contribution in [2.24, 2.45) is 7.05 Å². The van der Waals surface area contributed by atoms with E-state index in [2.05, 4.69) is 5.10 Å². The largest absolute Gasteiger partial charge is 0.455 e. The van der Waals surface area contributed by atoms with Crippen LogP contribution in [0.1, 0.15) is 12.1 Å². The van der Waals surface area contributed by atoms with Gasteiger partial charge in [0, 0.05) is 25.5 Å². The summed E-state index contributed by atoms with van der Waals surface area (Å²) in [6, 6.07) is 6.43. The Kier molecular flexibility index (Phi) is 5.50. The molecule has 1 aliphatic heterocycles. The van der Waals surface area contributed by atoms with Crippen molar-refractivity contribution in [3.63, 3.8) is 0 Å². The van der Waals surface area contributed by atoms with E-state index in [-0.39, 0.29) is 23.5 Å². The topological polar surface area (TPSA) is 116 Å². The lowest BCUT2D eigenvalue weighted by molar-refractivity contribution is -0.151. The lowest BCUT2D eigenvalue weighted by Crippen LogP contribution is -2.40. The molecule has 2 aromatic rings. The molecule has 9 nitrogen and oxygen atoms in total. The molecule has 2 heterocycles. The highest BCUT2D eigenvalue weighted by atomic mass is 32.2. The minimum absolute atomic E-state index is 0.0561. The van der Waals surface area contributed by atoms with E-state index >= 15 is 0 Å². The standard InChI is InChI=1S/C18H21N3O6S/c1-20(12-7-8-28(25,26)11-12)16(22)10-27-17(23)9-15-13-5-3-4-6-14(13)18(24)21(2)19-15/h3-6,12H,7-11H2,1-2H3/t12-/m1/s1. The number of likely N-dealkylation sites (N-methyl/N-ethyl adjacent to an activating group) is 1. The van der Waals surface area contributed by atoms with Gasteiger partial charge >= 0.3 is 5.97 Å². The second-order valence-electron chi connectivity index (χ2n) is 6.82. The number of hydrogen-bond acceptors (Lipinski definition) is 7. The monoisotopic (exact) mass is 407 g/mol. The molecule has 0 unspecified atom stereocenters. The van der Waals surface area contributed by atoms with Gasteiger partial charge in [-0.05, 0) is 12.5 Å². The van der Waals surface area contributed by atoms with Gasteiger partial charge in [0.25, 0.3) is 11.5 Å². The molecule has 0 bridgehead atoms. The molecule has 28 heavy (non-hydrogen) atoms. The third kappa shape index (κ3) is 4.22. The first kappa shape index (κ1) is 20.0. The lowest BCUT2D eigenvalue weighted by atomic mass is 10.1. The number of fused-ring (bicyclic) bond motifs is 1. The molecule has 0 saturated carbocycles. The Balaban J connectivity index is 1.64. The van der Waals surface area contributed by atoms with Crippen LogP contribution < -0.4 is 5.56 Å². The molecule has 0 aliphatic carbocycles. The molecule has 0 spiro atoms. The van der Waals surface area contributed by atoms with Crippen LogP contribution in [0.15, 0.2) is 29.1 Å². The molecular weight excluding hydrogens is 386 g/mol. The van der Waals surface area contributed by atoms with E-state index < -0.39 is 34.4 Å². The predicted molar refractivity (Wildman–Crippen MR) is 101 cm³/mol. The van der Waals surface area contributed by atoms with Crippen LogP contribution in [0.4, 0.5) is 0 Å². The number of hydrogen-bond donors (Lipinski definition) is 0. The SMILES string of the molecule is CN(C(=O)COC(=O)Cc1nn(C)c(=O)c2ccccc12)[C@@H]1CCS(=O)(=O)C1. The van der Waals surface area contributed by atoms with Crippen LogP contribution in [-0.2, 0) is 37.6 Å². The number of nitrogens with zero attached hydrogens (tertiary/aromatic N) is 3. The zero-order valence-corrected chi connectivity index (χ0v) is 16.4. The van der Waals surface area contributed by atoms with Gasteiger partial charge in [-0.2, -0.15) is 5.10 Å². The van der Waals surface area contributed by atoms with E-state index in [0.29, 0.717) is 22.9 Å². The summed E-state index contributed by atoms with van der Waals surface area (Å²) in [5, 5.41) is 5.13. The van der Waals surface area contributed by atoms with Gasteiger partial charge in [0.1, 0.15) is 0 Å². The van der Waals surface area contributed by atoms with Crippen molar-refractivity contribution in [2.45, 2.75) is 18.9 Å². The van der Waals surface area contributed by atoms with E-state index in [4.69, 9.17) is 4.74 Å². The number of carbonyl (C=O) groups excluding carboxylic acids is 2. The van der Waals surface area contributed by atoms with Gasteiger partial charge in [0.2, 0.25) is 0 Å². The van der Waals surface area contributed by atoms with Crippen LogP contribution in [0.25, 0.3) is 10.8 Å². The molecule has 1 aromatic carbocycles. The highest BCUT2D eigenvalue weighted by Gasteiger charge is 2.32. The fourth-order valence-electron chi connectivity index (χ4n) is 3.22. The van der Waals surface area contributed by atoms with Crippen LogP contribution in [0, 0.1) is 0 Å². The number of aryl methyl sites for hydroxylation is 1. The van der Waals surface area contributed by atoms with E-state index in [9.17, 15) is 22.8 Å². The van der Waals surface area contributed by atoms with Gasteiger partial charge in [-0.25, -0.2) is 13.1 Å². The first-order chi connectivity index (χ1) is 13.2. The number of benzene rings is 1. The Hall–Kier alpha value is -2.75. The third-order valence-corrected chi connectivity index (χ3v) is 6.60. The third-order valence-electron chi connectivity index (χ3n) is 4.85. The molecule has 1 aromatic heterocycles. The molecule has 1 aliphatic rings. The number of amides is 1. The maximum Gasteiger partial charge on any atom is 0.312 e. The fourth-order valence-corrected chi connectivity index (χ4v) is 5.00. The number of ether oxygens (including phenoxy) is 1. The molecule has 1 fully saturated rings. The highest BCUT2D eigenvalue weighted by Crippen LogP contribution is 2.17. The molecule has 0 N–H and O–H groups in total. The van der Waals surface area contributed by atoms with E-state index in [1.807, 2.05) is 0 Å². The Morgan fingerprint density at radius 1 is 1.29 bits per heavy atom. The summed E-state index contributed by atoms with van der Waals surface area (Å²) in [6.07, 6.45) is 0.190. The second-order valence-corrected chi connectivity index (χ2v) is 9.05. The van der Waals surface area contributed by atoms with E-state index in [1.165, 1.54) is 19.0 Å². The molecule has 0 radical (unpaired) electrons. The van der Waals surface area contributed by atoms with Gasteiger partial charge in [0.05, 0.1) is 29.0 Å². The van der Waals surface area contributed by atoms with Crippen LogP contribution in [-0.4, -0.2) is 66.2 Å². The maximum atomic E-state index is 12.2. The molecule has 150 valence electrons. The Morgan fingerprint density at radius 2 is 1.96 bits per heavy atom. The zero-order valence-electron chi connectivity index (χ0n) is 15.6. The number of sulfone groups is 1. The average molecular weight is 407 g/mol. The first-order valence-corrected chi connectivity index (χ1v) is 10.6. The zero-order chi connectivity index (χ0) is 20.5. The number of esters is 1. The van der Waals surface area contributed by atoms with Crippen molar-refractivity contribution in [3.8, 4) is 0 Å². The van der Waals surface area contributed by atoms with Gasteiger partial charge in [-0.3, -0.25) is 14.4 Å². The van der Waals surface area contributed by atoms with Crippen LogP contribution in [0.3, 0.4) is 0 Å². The lowest BCUT2D eigenvalue weighted by Gasteiger charge is -2.23. The fraction of sp³-hybridized carbons (Fsp3) is 0.444. The van der Waals surface area contributed by atoms with Gasteiger partial charge in [0.15, 0.2) is 16.4 Å². The summed E-state index contributed by atoms with van der Waals surface area (Å²) in [7, 11) is -0.111. The second kappa shape index (κ2) is 7.70. The molecule has 10 heteroatoms. The Labute approximate surface area is 161 Å². The van der Waals surface area contributed by atoms with Crippen molar-refractivity contribution in [1.29, 1.82) is 0 Å². The van der Waals surface area contributed by atoms with E-state index in [1.54, 1.807) is 24.3 Å². The quantitative estimate of drug-likeness (QED) is 0.623. The summed E-state index contributed by atoms with van der Waals surface area (Å²) in [5.74, 6) is -1.14. The summed E-state index contributed by atoms with van der Waals surface area (Å²) < 4.78 is 29.3. The normalized spacial score (nSPS) is 18.1. The number of carbonyl (C=O) groups is 2. The molecule has 1 atom stereocenters. The van der Waals surface area contributed by atoms with Gasteiger partial charge in [-0.15, -0.1) is 0 Å². The predicted octanol–water partition coefficient (Wildman–Crippen LogP) is -0.335. The summed E-state index contributed by atoms with van der Waals surface area (Å²) >= 11 is 0. The minimum atomic E-state index is -3.11. The number of rotatable bonds is 5. The highest BCUT2D eigenvalue weighted by molar-refractivity contribution is 7.91. The van der Waals surface area contributed by atoms with Crippen LogP contribution in [0.5, 0.6) is 0 Å². The number of aromatic nitrogens is 2. The first-order valence-electron chi connectivity index (χ1n) is 8.74. The van der Waals surface area contributed by atoms with Crippen molar-refractivity contribution in [2.75, 3.05) is 25.2 Å². The molecule has 1 saturated heterocycles. The Morgan fingerprint density at radius 3 is 2.61 bits per heavy atom. The van der Waals surface area contributed by atoms with Crippen molar-refractivity contribution >= 4 is 32.5 Å². The van der Waals surface area contributed by atoms with Crippen molar-refractivity contribution in [1.82, 2.24) is 14.7 Å². The van der Waals surface area contributed by atoms with Gasteiger partial charge in [-0.1, -0.05) is 18.2 Å². The van der Waals surface area contributed by atoms with E-state index in [0.717, 1.165) is 4.68 Å².